The zero-order chi connectivity index (χ0) is 11.5. The molecule has 1 fully saturated rings. The maximum absolute atomic E-state index is 5.97. The lowest BCUT2D eigenvalue weighted by atomic mass is 10.00. The van der Waals surface area contributed by atoms with E-state index in [1.807, 2.05) is 6.07 Å². The van der Waals surface area contributed by atoms with Crippen LogP contribution in [0.25, 0.3) is 0 Å². The third-order valence-electron chi connectivity index (χ3n) is 3.24. The van der Waals surface area contributed by atoms with Gasteiger partial charge in [0.05, 0.1) is 5.69 Å². The fraction of sp³-hybridized carbons (Fsp3) is 0.583. The van der Waals surface area contributed by atoms with E-state index in [4.69, 9.17) is 17.3 Å². The van der Waals surface area contributed by atoms with E-state index in [9.17, 15) is 0 Å². The van der Waals surface area contributed by atoms with E-state index in [-0.39, 0.29) is 0 Å². The second-order valence-corrected chi connectivity index (χ2v) is 4.69. The largest absolute Gasteiger partial charge is 0.396 e. The van der Waals surface area contributed by atoms with Crippen molar-refractivity contribution in [3.05, 3.63) is 17.3 Å². The minimum absolute atomic E-state index is 0.518. The fourth-order valence-corrected chi connectivity index (χ4v) is 2.51. The number of halogens is 1. The van der Waals surface area contributed by atoms with Gasteiger partial charge in [0.1, 0.15) is 5.15 Å². The lowest BCUT2D eigenvalue weighted by molar-refractivity contribution is 0.447. The molecule has 1 aliphatic rings. The van der Waals surface area contributed by atoms with E-state index in [2.05, 4.69) is 16.8 Å². The summed E-state index contributed by atoms with van der Waals surface area (Å²) in [5.41, 5.74) is 6.70. The number of nitrogens with zero attached hydrogens (tertiary/aromatic N) is 2. The summed E-state index contributed by atoms with van der Waals surface area (Å²) in [6.45, 7) is 3.25. The molecule has 1 unspecified atom stereocenters. The Kier molecular flexibility index (Phi) is 3.54. The van der Waals surface area contributed by atoms with Gasteiger partial charge in [-0.15, -0.1) is 0 Å². The molecule has 0 amide bonds. The van der Waals surface area contributed by atoms with Crippen molar-refractivity contribution in [1.82, 2.24) is 4.98 Å². The zero-order valence-electron chi connectivity index (χ0n) is 9.62. The minimum atomic E-state index is 0.518. The number of hydrogen-bond donors (Lipinski definition) is 1. The summed E-state index contributed by atoms with van der Waals surface area (Å²) in [7, 11) is 0. The van der Waals surface area contributed by atoms with Gasteiger partial charge in [0.15, 0.2) is 5.82 Å². The van der Waals surface area contributed by atoms with Crippen LogP contribution in [0, 0.1) is 0 Å². The molecule has 2 heterocycles. The predicted octanol–water partition coefficient (Wildman–Crippen LogP) is 3.09. The highest BCUT2D eigenvalue weighted by Gasteiger charge is 2.23. The number of nitrogens with two attached hydrogens (primary N) is 1. The summed E-state index contributed by atoms with van der Waals surface area (Å²) in [5.74, 6) is 0.860. The number of anilines is 2. The van der Waals surface area contributed by atoms with Crippen LogP contribution in [0.3, 0.4) is 0 Å². The van der Waals surface area contributed by atoms with Gasteiger partial charge in [-0.05, 0) is 37.8 Å². The van der Waals surface area contributed by atoms with Crippen molar-refractivity contribution < 1.29 is 0 Å². The monoisotopic (exact) mass is 239 g/mol. The molecular formula is C12H18ClN3. The maximum Gasteiger partial charge on any atom is 0.153 e. The van der Waals surface area contributed by atoms with Crippen molar-refractivity contribution >= 4 is 23.1 Å². The summed E-state index contributed by atoms with van der Waals surface area (Å²) in [6, 6.07) is 4.14. The lowest BCUT2D eigenvalue weighted by Gasteiger charge is -2.36. The fourth-order valence-electron chi connectivity index (χ4n) is 2.37. The number of aromatic nitrogens is 1. The molecule has 0 aromatic carbocycles. The number of piperidine rings is 1. The van der Waals surface area contributed by atoms with Gasteiger partial charge in [0.25, 0.3) is 0 Å². The summed E-state index contributed by atoms with van der Waals surface area (Å²) < 4.78 is 0. The van der Waals surface area contributed by atoms with Crippen LogP contribution in [0.5, 0.6) is 0 Å². The third kappa shape index (κ3) is 2.24. The van der Waals surface area contributed by atoms with Crippen LogP contribution in [0.15, 0.2) is 12.1 Å². The number of rotatable bonds is 2. The Bertz CT molecular complexity index is 367. The topological polar surface area (TPSA) is 42.2 Å². The van der Waals surface area contributed by atoms with E-state index in [0.717, 1.165) is 24.5 Å². The maximum atomic E-state index is 5.97. The molecule has 3 nitrogen and oxygen atoms in total. The Morgan fingerprint density at radius 1 is 1.50 bits per heavy atom. The van der Waals surface area contributed by atoms with Gasteiger partial charge in [0.2, 0.25) is 0 Å². The molecule has 88 valence electrons. The summed E-state index contributed by atoms with van der Waals surface area (Å²) >= 11 is 5.93. The van der Waals surface area contributed by atoms with Crippen LogP contribution in [0.4, 0.5) is 11.5 Å². The molecule has 2 rings (SSSR count). The Labute approximate surface area is 102 Å². The lowest BCUT2D eigenvalue weighted by Crippen LogP contribution is -2.40. The molecule has 1 aromatic heterocycles. The first-order chi connectivity index (χ1) is 7.72. The van der Waals surface area contributed by atoms with Crippen molar-refractivity contribution in [2.24, 2.45) is 0 Å². The molecule has 1 saturated heterocycles. The van der Waals surface area contributed by atoms with Crippen LogP contribution in [0.1, 0.15) is 32.6 Å². The minimum Gasteiger partial charge on any atom is -0.396 e. The Morgan fingerprint density at radius 3 is 3.06 bits per heavy atom. The second-order valence-electron chi connectivity index (χ2n) is 4.30. The van der Waals surface area contributed by atoms with E-state index in [1.165, 1.54) is 19.3 Å². The molecule has 0 radical (unpaired) electrons. The quantitative estimate of drug-likeness (QED) is 0.807. The molecular weight excluding hydrogens is 222 g/mol. The Morgan fingerprint density at radius 2 is 2.31 bits per heavy atom. The van der Waals surface area contributed by atoms with Crippen LogP contribution < -0.4 is 10.6 Å². The molecule has 0 saturated carbocycles. The molecule has 1 aliphatic heterocycles. The van der Waals surface area contributed by atoms with E-state index >= 15 is 0 Å². The van der Waals surface area contributed by atoms with Crippen molar-refractivity contribution in [3.63, 3.8) is 0 Å². The van der Waals surface area contributed by atoms with Crippen LogP contribution >= 0.6 is 11.6 Å². The summed E-state index contributed by atoms with van der Waals surface area (Å²) in [6.07, 6.45) is 4.87. The Hall–Kier alpha value is -0.960. The zero-order valence-corrected chi connectivity index (χ0v) is 10.4. The van der Waals surface area contributed by atoms with E-state index in [0.29, 0.717) is 11.2 Å². The van der Waals surface area contributed by atoms with Crippen molar-refractivity contribution in [2.45, 2.75) is 38.6 Å². The van der Waals surface area contributed by atoms with Gasteiger partial charge >= 0.3 is 0 Å². The molecule has 0 spiro atoms. The molecule has 1 aromatic rings. The van der Waals surface area contributed by atoms with Crippen molar-refractivity contribution in [2.75, 3.05) is 17.2 Å². The van der Waals surface area contributed by atoms with E-state index < -0.39 is 0 Å². The van der Waals surface area contributed by atoms with Crippen LogP contribution in [-0.4, -0.2) is 17.6 Å². The highest BCUT2D eigenvalue weighted by atomic mass is 35.5. The molecule has 0 aliphatic carbocycles. The average molecular weight is 240 g/mol. The molecule has 2 N–H and O–H groups in total. The normalized spacial score (nSPS) is 21.1. The van der Waals surface area contributed by atoms with Gasteiger partial charge in [-0.2, -0.15) is 0 Å². The predicted molar refractivity (Wildman–Crippen MR) is 68.9 cm³/mol. The highest BCUT2D eigenvalue weighted by Crippen LogP contribution is 2.30. The van der Waals surface area contributed by atoms with Gasteiger partial charge in [-0.1, -0.05) is 18.5 Å². The second kappa shape index (κ2) is 4.91. The standard InChI is InChI=1S/C12H18ClN3/c1-2-9-5-3-4-8-16(9)12-10(14)6-7-11(13)15-12/h6-7,9H,2-5,8,14H2,1H3. The van der Waals surface area contributed by atoms with E-state index in [1.54, 1.807) is 6.07 Å². The molecule has 0 bridgehead atoms. The first kappa shape index (κ1) is 11.5. The van der Waals surface area contributed by atoms with Crippen LogP contribution in [-0.2, 0) is 0 Å². The average Bonchev–Trinajstić information content (AvgIpc) is 2.32. The first-order valence-electron chi connectivity index (χ1n) is 5.91. The third-order valence-corrected chi connectivity index (χ3v) is 3.45. The smallest absolute Gasteiger partial charge is 0.153 e. The van der Waals surface area contributed by atoms with Gasteiger partial charge in [0, 0.05) is 12.6 Å². The molecule has 1 atom stereocenters. The SMILES string of the molecule is CCC1CCCCN1c1nc(Cl)ccc1N. The first-order valence-corrected chi connectivity index (χ1v) is 6.29. The van der Waals surface area contributed by atoms with Crippen molar-refractivity contribution in [1.29, 1.82) is 0 Å². The molecule has 16 heavy (non-hydrogen) atoms. The molecule has 4 heteroatoms. The number of nitrogen functional groups attached to an aromatic ring is 1. The van der Waals surface area contributed by atoms with Gasteiger partial charge < -0.3 is 10.6 Å². The number of hydrogen-bond acceptors (Lipinski definition) is 3. The van der Waals surface area contributed by atoms with Crippen molar-refractivity contribution in [3.8, 4) is 0 Å². The number of pyridine rings is 1. The Balaban J connectivity index is 2.30. The summed E-state index contributed by atoms with van der Waals surface area (Å²) in [5, 5.41) is 0.518. The van der Waals surface area contributed by atoms with Gasteiger partial charge in [-0.25, -0.2) is 4.98 Å². The highest BCUT2D eigenvalue weighted by molar-refractivity contribution is 6.29. The van der Waals surface area contributed by atoms with Crippen LogP contribution in [0.2, 0.25) is 5.15 Å². The van der Waals surface area contributed by atoms with Gasteiger partial charge in [-0.3, -0.25) is 0 Å². The summed E-state index contributed by atoms with van der Waals surface area (Å²) in [4.78, 5) is 6.67.